The molecule has 0 fully saturated rings. The minimum Gasteiger partial charge on any atom is -0.462 e. The lowest BCUT2D eigenvalue weighted by Crippen LogP contribution is -2.19. The fourth-order valence-corrected chi connectivity index (χ4v) is 3.13. The Kier molecular flexibility index (Phi) is 12.9. The summed E-state index contributed by atoms with van der Waals surface area (Å²) in [6, 6.07) is 0. The van der Waals surface area contributed by atoms with Crippen LogP contribution in [0.5, 0.6) is 0 Å². The van der Waals surface area contributed by atoms with E-state index in [-0.39, 0.29) is 12.1 Å². The third kappa shape index (κ3) is 10.6. The van der Waals surface area contributed by atoms with Crippen molar-refractivity contribution in [3.63, 3.8) is 0 Å². The highest BCUT2D eigenvalue weighted by atomic mass is 16.5. The Morgan fingerprint density at radius 2 is 1.85 bits per heavy atom. The van der Waals surface area contributed by atoms with Gasteiger partial charge in [0.2, 0.25) is 0 Å². The number of unbranched alkanes of at least 4 members (excludes halogenated alkanes) is 5. The van der Waals surface area contributed by atoms with Gasteiger partial charge in [-0.2, -0.15) is 0 Å². The minimum atomic E-state index is -0.0522. The summed E-state index contributed by atoms with van der Waals surface area (Å²) < 4.78 is 12.9. The predicted octanol–water partition coefficient (Wildman–Crippen LogP) is 5.06. The molecule has 0 bridgehead atoms. The van der Waals surface area contributed by atoms with E-state index in [9.17, 15) is 4.79 Å². The van der Waals surface area contributed by atoms with Crippen molar-refractivity contribution in [1.82, 2.24) is 9.55 Å². The van der Waals surface area contributed by atoms with Gasteiger partial charge in [-0.1, -0.05) is 32.6 Å². The minimum absolute atomic E-state index is 0.0522. The molecule has 1 aromatic heterocycles. The number of ether oxygens (including phenoxy) is 2. The molecule has 0 radical (unpaired) electrons. The molecule has 1 rings (SSSR count). The molecule has 0 amide bonds. The van der Waals surface area contributed by atoms with Crippen LogP contribution in [0, 0.1) is 6.92 Å². The van der Waals surface area contributed by atoms with E-state index in [1.807, 2.05) is 13.1 Å². The quantitative estimate of drug-likeness (QED) is 0.303. The lowest BCUT2D eigenvalue weighted by Gasteiger charge is -2.18. The van der Waals surface area contributed by atoms with Crippen molar-refractivity contribution in [3.8, 4) is 0 Å². The lowest BCUT2D eigenvalue weighted by molar-refractivity contribution is -0.150. The molecule has 150 valence electrons. The van der Waals surface area contributed by atoms with E-state index in [1.54, 1.807) is 13.3 Å². The van der Waals surface area contributed by atoms with E-state index < -0.39 is 0 Å². The zero-order valence-corrected chi connectivity index (χ0v) is 17.0. The Balaban J connectivity index is 2.25. The molecule has 5 nitrogen and oxygen atoms in total. The van der Waals surface area contributed by atoms with Gasteiger partial charge in [0, 0.05) is 39.1 Å². The van der Waals surface area contributed by atoms with Crippen LogP contribution in [-0.2, 0) is 20.8 Å². The molecule has 26 heavy (non-hydrogen) atoms. The van der Waals surface area contributed by atoms with Crippen LogP contribution in [0.1, 0.15) is 83.4 Å². The molecule has 0 aromatic carbocycles. The number of carbonyl (C=O) groups excluding carboxylic acids is 1. The number of aromatic nitrogens is 2. The highest BCUT2D eigenvalue weighted by Crippen LogP contribution is 2.16. The van der Waals surface area contributed by atoms with Crippen molar-refractivity contribution < 1.29 is 14.3 Å². The summed E-state index contributed by atoms with van der Waals surface area (Å²) in [6.07, 6.45) is 15.3. The van der Waals surface area contributed by atoms with Crippen LogP contribution >= 0.6 is 0 Å². The summed E-state index contributed by atoms with van der Waals surface area (Å²) in [6.45, 7) is 5.84. The molecule has 0 aliphatic rings. The number of rotatable bonds is 16. The summed E-state index contributed by atoms with van der Waals surface area (Å²) in [5.41, 5.74) is 0. The Hall–Kier alpha value is -1.36. The zero-order valence-electron chi connectivity index (χ0n) is 17.0. The molecule has 0 saturated heterocycles. The topological polar surface area (TPSA) is 53.4 Å². The maximum absolute atomic E-state index is 12.2. The monoisotopic (exact) mass is 366 g/mol. The van der Waals surface area contributed by atoms with Crippen molar-refractivity contribution in [2.24, 2.45) is 0 Å². The first kappa shape index (κ1) is 22.7. The molecular weight excluding hydrogens is 328 g/mol. The number of nitrogens with zero attached hydrogens (tertiary/aromatic N) is 2. The number of methoxy groups -OCH3 is 1. The van der Waals surface area contributed by atoms with Crippen LogP contribution in [0.3, 0.4) is 0 Å². The first-order valence-electron chi connectivity index (χ1n) is 10.3. The molecule has 0 spiro atoms. The standard InChI is InChI=1S/C21H38N2O3/c1-4-5-8-12-20(13-9-6-7-10-18-25-3)26-21(24)14-11-16-23-17-15-22-19(23)2/h15,17,20H,4-14,16,18H2,1-3H3. The molecule has 1 atom stereocenters. The third-order valence-electron chi connectivity index (χ3n) is 4.76. The summed E-state index contributed by atoms with van der Waals surface area (Å²) in [4.78, 5) is 16.4. The lowest BCUT2D eigenvalue weighted by atomic mass is 10.0. The highest BCUT2D eigenvalue weighted by Gasteiger charge is 2.14. The molecule has 0 N–H and O–H groups in total. The predicted molar refractivity (Wildman–Crippen MR) is 105 cm³/mol. The summed E-state index contributed by atoms with van der Waals surface area (Å²) in [5, 5.41) is 0. The van der Waals surface area contributed by atoms with Gasteiger partial charge >= 0.3 is 5.97 Å². The van der Waals surface area contributed by atoms with E-state index in [4.69, 9.17) is 9.47 Å². The summed E-state index contributed by atoms with van der Waals surface area (Å²) in [7, 11) is 1.75. The molecule has 0 saturated carbocycles. The fraction of sp³-hybridized carbons (Fsp3) is 0.810. The number of imidazole rings is 1. The number of esters is 1. The normalized spacial score (nSPS) is 12.3. The number of aryl methyl sites for hydroxylation is 2. The van der Waals surface area contributed by atoms with E-state index in [0.717, 1.165) is 57.5 Å². The molecule has 0 aliphatic heterocycles. The summed E-state index contributed by atoms with van der Waals surface area (Å²) in [5.74, 6) is 0.938. The van der Waals surface area contributed by atoms with E-state index in [2.05, 4.69) is 16.5 Å². The van der Waals surface area contributed by atoms with Gasteiger partial charge in [0.05, 0.1) is 0 Å². The largest absolute Gasteiger partial charge is 0.462 e. The van der Waals surface area contributed by atoms with Gasteiger partial charge < -0.3 is 14.0 Å². The van der Waals surface area contributed by atoms with Gasteiger partial charge in [-0.05, 0) is 45.4 Å². The molecule has 1 aromatic rings. The van der Waals surface area contributed by atoms with Crippen LogP contribution in [0.25, 0.3) is 0 Å². The van der Waals surface area contributed by atoms with Crippen LogP contribution in [0.4, 0.5) is 0 Å². The third-order valence-corrected chi connectivity index (χ3v) is 4.76. The van der Waals surface area contributed by atoms with Gasteiger partial charge in [-0.25, -0.2) is 4.98 Å². The SMILES string of the molecule is CCCCCC(CCCCCCOC)OC(=O)CCCn1ccnc1C. The van der Waals surface area contributed by atoms with Gasteiger partial charge in [0.1, 0.15) is 11.9 Å². The number of hydrogen-bond donors (Lipinski definition) is 0. The smallest absolute Gasteiger partial charge is 0.306 e. The molecule has 5 heteroatoms. The van der Waals surface area contributed by atoms with Crippen LogP contribution < -0.4 is 0 Å². The molecule has 1 heterocycles. The van der Waals surface area contributed by atoms with Gasteiger partial charge in [-0.15, -0.1) is 0 Å². The average molecular weight is 367 g/mol. The first-order chi connectivity index (χ1) is 12.7. The Bertz CT molecular complexity index is 474. The van der Waals surface area contributed by atoms with Crippen molar-refractivity contribution in [3.05, 3.63) is 18.2 Å². The number of hydrogen-bond acceptors (Lipinski definition) is 4. The van der Waals surface area contributed by atoms with E-state index in [0.29, 0.717) is 6.42 Å². The Morgan fingerprint density at radius 1 is 1.12 bits per heavy atom. The highest BCUT2D eigenvalue weighted by molar-refractivity contribution is 5.69. The second kappa shape index (κ2) is 14.8. The van der Waals surface area contributed by atoms with Gasteiger partial charge in [0.25, 0.3) is 0 Å². The van der Waals surface area contributed by atoms with Crippen LogP contribution in [0.15, 0.2) is 12.4 Å². The van der Waals surface area contributed by atoms with E-state index >= 15 is 0 Å². The van der Waals surface area contributed by atoms with Crippen molar-refractivity contribution in [2.75, 3.05) is 13.7 Å². The number of carbonyl (C=O) groups is 1. The van der Waals surface area contributed by atoms with E-state index in [1.165, 1.54) is 25.7 Å². The van der Waals surface area contributed by atoms with Crippen LogP contribution in [0.2, 0.25) is 0 Å². The maximum Gasteiger partial charge on any atom is 0.306 e. The zero-order chi connectivity index (χ0) is 19.0. The molecular formula is C21H38N2O3. The Labute approximate surface area is 159 Å². The Morgan fingerprint density at radius 3 is 2.50 bits per heavy atom. The maximum atomic E-state index is 12.2. The fourth-order valence-electron chi connectivity index (χ4n) is 3.13. The van der Waals surface area contributed by atoms with Crippen LogP contribution in [-0.4, -0.2) is 35.3 Å². The van der Waals surface area contributed by atoms with Gasteiger partial charge in [-0.3, -0.25) is 4.79 Å². The molecule has 1 unspecified atom stereocenters. The molecule has 0 aliphatic carbocycles. The average Bonchev–Trinajstić information content (AvgIpc) is 3.03. The first-order valence-corrected chi connectivity index (χ1v) is 10.3. The van der Waals surface area contributed by atoms with Crippen molar-refractivity contribution in [1.29, 1.82) is 0 Å². The van der Waals surface area contributed by atoms with Gasteiger partial charge in [0.15, 0.2) is 0 Å². The van der Waals surface area contributed by atoms with Crippen molar-refractivity contribution in [2.45, 2.75) is 97.1 Å². The summed E-state index contributed by atoms with van der Waals surface area (Å²) >= 11 is 0. The second-order valence-corrected chi connectivity index (χ2v) is 7.07. The van der Waals surface area contributed by atoms with Crippen molar-refractivity contribution >= 4 is 5.97 Å². The second-order valence-electron chi connectivity index (χ2n) is 7.07.